The van der Waals surface area contributed by atoms with Gasteiger partial charge in [-0.15, -0.1) is 0 Å². The number of carboxylic acid groups (broad SMARTS) is 1. The van der Waals surface area contributed by atoms with Crippen molar-refractivity contribution < 1.29 is 19.5 Å². The van der Waals surface area contributed by atoms with Gasteiger partial charge >= 0.3 is 5.97 Å². The van der Waals surface area contributed by atoms with Crippen LogP contribution in [0.2, 0.25) is 5.02 Å². The number of carbonyl (C=O) groups excluding carboxylic acids is 2. The summed E-state index contributed by atoms with van der Waals surface area (Å²) < 4.78 is 0. The zero-order valence-electron chi connectivity index (χ0n) is 13.5. The third-order valence-electron chi connectivity index (χ3n) is 4.14. The lowest BCUT2D eigenvalue weighted by molar-refractivity contribution is -0.142. The Balaban J connectivity index is 2.07. The van der Waals surface area contributed by atoms with Crippen LogP contribution in [0.25, 0.3) is 0 Å². The van der Waals surface area contributed by atoms with E-state index in [1.165, 1.54) is 17.0 Å². The molecule has 2 atom stereocenters. The van der Waals surface area contributed by atoms with Gasteiger partial charge in [-0.1, -0.05) is 31.4 Å². The Labute approximate surface area is 145 Å². The van der Waals surface area contributed by atoms with Crippen LogP contribution in [0.1, 0.15) is 36.5 Å². The predicted molar refractivity (Wildman–Crippen MR) is 89.9 cm³/mol. The van der Waals surface area contributed by atoms with E-state index in [1.807, 2.05) is 0 Å². The lowest BCUT2D eigenvalue weighted by Gasteiger charge is -2.17. The van der Waals surface area contributed by atoms with E-state index < -0.39 is 23.8 Å². The second-order valence-corrected chi connectivity index (χ2v) is 6.33. The number of nitrogens with zero attached hydrogens (tertiary/aromatic N) is 1. The highest BCUT2D eigenvalue weighted by atomic mass is 35.5. The molecule has 0 aliphatic carbocycles. The molecule has 130 valence electrons. The second-order valence-electron chi connectivity index (χ2n) is 5.89. The summed E-state index contributed by atoms with van der Waals surface area (Å²) in [5.41, 5.74) is 0.334. The minimum absolute atomic E-state index is 0.128. The van der Waals surface area contributed by atoms with E-state index in [0.717, 1.165) is 19.3 Å². The van der Waals surface area contributed by atoms with Crippen molar-refractivity contribution in [2.75, 3.05) is 13.1 Å². The van der Waals surface area contributed by atoms with Crippen LogP contribution in [0.15, 0.2) is 24.3 Å². The van der Waals surface area contributed by atoms with Gasteiger partial charge in [-0.3, -0.25) is 14.4 Å². The van der Waals surface area contributed by atoms with Gasteiger partial charge in [0.05, 0.1) is 0 Å². The molecule has 1 aromatic rings. The maximum Gasteiger partial charge on any atom is 0.310 e. The molecule has 0 aromatic heterocycles. The summed E-state index contributed by atoms with van der Waals surface area (Å²) in [6.07, 6.45) is 2.82. The van der Waals surface area contributed by atoms with E-state index in [2.05, 4.69) is 12.2 Å². The molecule has 0 saturated carbocycles. The number of rotatable bonds is 7. The van der Waals surface area contributed by atoms with Crippen molar-refractivity contribution in [3.63, 3.8) is 0 Å². The molecule has 6 nitrogen and oxygen atoms in total. The number of benzene rings is 1. The van der Waals surface area contributed by atoms with Crippen molar-refractivity contribution >= 4 is 29.4 Å². The van der Waals surface area contributed by atoms with Crippen LogP contribution in [-0.4, -0.2) is 46.9 Å². The van der Waals surface area contributed by atoms with Gasteiger partial charge in [-0.2, -0.15) is 0 Å². The highest BCUT2D eigenvalue weighted by Crippen LogP contribution is 2.20. The number of likely N-dealkylation sites (tertiary alicyclic amines) is 1. The van der Waals surface area contributed by atoms with Crippen LogP contribution in [0.5, 0.6) is 0 Å². The maximum atomic E-state index is 12.5. The molecule has 1 saturated heterocycles. The van der Waals surface area contributed by atoms with Gasteiger partial charge in [0.2, 0.25) is 5.91 Å². The van der Waals surface area contributed by atoms with Crippen LogP contribution in [0, 0.1) is 5.92 Å². The summed E-state index contributed by atoms with van der Waals surface area (Å²) >= 11 is 5.78. The topological polar surface area (TPSA) is 86.7 Å². The van der Waals surface area contributed by atoms with Gasteiger partial charge in [0.25, 0.3) is 5.91 Å². The first-order valence-corrected chi connectivity index (χ1v) is 8.40. The van der Waals surface area contributed by atoms with Crippen LogP contribution in [0.3, 0.4) is 0 Å². The highest BCUT2D eigenvalue weighted by molar-refractivity contribution is 6.30. The number of nitrogens with one attached hydrogen (secondary N) is 1. The van der Waals surface area contributed by atoms with E-state index in [-0.39, 0.29) is 12.5 Å². The molecular weight excluding hydrogens is 332 g/mol. The SMILES string of the molecule is CCCCCN1C[C@@H](C(=O)O)[C@@H](NC(=O)c2ccc(Cl)cc2)C1=O. The Morgan fingerprint density at radius 3 is 2.54 bits per heavy atom. The summed E-state index contributed by atoms with van der Waals surface area (Å²) in [5, 5.41) is 12.4. The van der Waals surface area contributed by atoms with E-state index >= 15 is 0 Å². The Morgan fingerprint density at radius 1 is 1.29 bits per heavy atom. The molecule has 24 heavy (non-hydrogen) atoms. The fourth-order valence-electron chi connectivity index (χ4n) is 2.76. The molecule has 2 amide bonds. The Morgan fingerprint density at radius 2 is 1.96 bits per heavy atom. The zero-order valence-corrected chi connectivity index (χ0v) is 14.3. The Bertz CT molecular complexity index is 618. The third kappa shape index (κ3) is 4.26. The smallest absolute Gasteiger partial charge is 0.310 e. The number of hydrogen-bond acceptors (Lipinski definition) is 3. The molecule has 2 N–H and O–H groups in total. The minimum atomic E-state index is -1.08. The fraction of sp³-hybridized carbons (Fsp3) is 0.471. The van der Waals surface area contributed by atoms with Gasteiger partial charge < -0.3 is 15.3 Å². The van der Waals surface area contributed by atoms with Gasteiger partial charge in [0.1, 0.15) is 12.0 Å². The molecule has 0 spiro atoms. The lowest BCUT2D eigenvalue weighted by atomic mass is 10.0. The first kappa shape index (κ1) is 18.3. The summed E-state index contributed by atoms with van der Waals surface area (Å²) in [6, 6.07) is 5.17. The zero-order chi connectivity index (χ0) is 17.7. The summed E-state index contributed by atoms with van der Waals surface area (Å²) in [7, 11) is 0. The van der Waals surface area contributed by atoms with Crippen molar-refractivity contribution in [3.05, 3.63) is 34.9 Å². The Kier molecular flexibility index (Phi) is 6.20. The van der Waals surface area contributed by atoms with E-state index in [1.54, 1.807) is 12.1 Å². The van der Waals surface area contributed by atoms with Crippen LogP contribution in [-0.2, 0) is 9.59 Å². The standard InChI is InChI=1S/C17H21ClN2O4/c1-2-3-4-9-20-10-13(17(23)24)14(16(20)22)19-15(21)11-5-7-12(18)8-6-11/h5-8,13-14H,2-4,9-10H2,1H3,(H,19,21)(H,23,24)/t13-,14-/m1/s1. The molecule has 0 radical (unpaired) electrons. The van der Waals surface area contributed by atoms with Gasteiger partial charge in [-0.05, 0) is 30.7 Å². The van der Waals surface area contributed by atoms with Crippen LogP contribution < -0.4 is 5.32 Å². The monoisotopic (exact) mass is 352 g/mol. The van der Waals surface area contributed by atoms with Crippen molar-refractivity contribution in [1.82, 2.24) is 10.2 Å². The number of hydrogen-bond donors (Lipinski definition) is 2. The quantitative estimate of drug-likeness (QED) is 0.736. The fourth-order valence-corrected chi connectivity index (χ4v) is 2.89. The highest BCUT2D eigenvalue weighted by Gasteiger charge is 2.45. The van der Waals surface area contributed by atoms with Crippen molar-refractivity contribution in [2.45, 2.75) is 32.2 Å². The van der Waals surface area contributed by atoms with Crippen molar-refractivity contribution in [3.8, 4) is 0 Å². The number of carbonyl (C=O) groups is 3. The molecule has 2 rings (SSSR count). The van der Waals surface area contributed by atoms with Crippen molar-refractivity contribution in [2.24, 2.45) is 5.92 Å². The third-order valence-corrected chi connectivity index (χ3v) is 4.39. The molecule has 0 bridgehead atoms. The number of amides is 2. The van der Waals surface area contributed by atoms with Crippen molar-refractivity contribution in [1.29, 1.82) is 0 Å². The Hall–Kier alpha value is -2.08. The van der Waals surface area contributed by atoms with E-state index in [0.29, 0.717) is 17.1 Å². The summed E-state index contributed by atoms with van der Waals surface area (Å²) in [4.78, 5) is 37.7. The molecule has 1 aliphatic heterocycles. The number of carboxylic acids is 1. The van der Waals surface area contributed by atoms with Gasteiger partial charge in [-0.25, -0.2) is 0 Å². The largest absolute Gasteiger partial charge is 0.481 e. The van der Waals surface area contributed by atoms with Crippen LogP contribution in [0.4, 0.5) is 0 Å². The normalized spacial score (nSPS) is 20.2. The number of halogens is 1. The first-order chi connectivity index (χ1) is 11.4. The second kappa shape index (κ2) is 8.15. The molecular formula is C17H21ClN2O4. The summed E-state index contributed by atoms with van der Waals surface area (Å²) in [5.74, 6) is -2.83. The molecule has 7 heteroatoms. The lowest BCUT2D eigenvalue weighted by Crippen LogP contribution is -2.46. The first-order valence-electron chi connectivity index (χ1n) is 8.02. The molecule has 1 aliphatic rings. The molecule has 1 heterocycles. The average molecular weight is 353 g/mol. The molecule has 1 aromatic carbocycles. The summed E-state index contributed by atoms with van der Waals surface area (Å²) in [6.45, 7) is 2.70. The van der Waals surface area contributed by atoms with Crippen LogP contribution >= 0.6 is 11.6 Å². The van der Waals surface area contributed by atoms with E-state index in [9.17, 15) is 19.5 Å². The predicted octanol–water partition coefficient (Wildman–Crippen LogP) is 2.17. The number of aliphatic carboxylic acids is 1. The van der Waals surface area contributed by atoms with Gasteiger partial charge in [0.15, 0.2) is 0 Å². The maximum absolute atomic E-state index is 12.5. The number of unbranched alkanes of at least 4 members (excludes halogenated alkanes) is 2. The molecule has 0 unspecified atom stereocenters. The van der Waals surface area contributed by atoms with E-state index in [4.69, 9.17) is 11.6 Å². The van der Waals surface area contributed by atoms with Gasteiger partial charge in [0, 0.05) is 23.7 Å². The molecule has 1 fully saturated rings. The average Bonchev–Trinajstić information content (AvgIpc) is 2.85. The minimum Gasteiger partial charge on any atom is -0.481 e.